The predicted molar refractivity (Wildman–Crippen MR) is 42.0 cm³/mol. The number of carbonyl (C=O) groups is 2. The third kappa shape index (κ3) is 1.85. The molecule has 0 aromatic heterocycles. The molecule has 1 saturated heterocycles. The number of nitrogens with zero attached hydrogens (tertiary/aromatic N) is 1. The molecule has 1 N–H and O–H groups in total. The Hall–Kier alpha value is -1.83. The zero-order valence-corrected chi connectivity index (χ0v) is 7.09. The minimum atomic E-state index is -0.709. The van der Waals surface area contributed by atoms with Crippen molar-refractivity contribution in [3.8, 4) is 6.07 Å². The van der Waals surface area contributed by atoms with E-state index in [9.17, 15) is 9.59 Å². The second-order valence-electron chi connectivity index (χ2n) is 2.51. The maximum Gasteiger partial charge on any atom is 0.350 e. The summed E-state index contributed by atoms with van der Waals surface area (Å²) in [5, 5.41) is 11.1. The molecule has 13 heavy (non-hydrogen) atoms. The lowest BCUT2D eigenvalue weighted by molar-refractivity contribution is -0.135. The Labute approximate surface area is 75.0 Å². The largest absolute Gasteiger partial charge is 0.465 e. The summed E-state index contributed by atoms with van der Waals surface area (Å²) in [6.45, 7) is 0. The molecule has 1 rings (SSSR count). The van der Waals surface area contributed by atoms with Gasteiger partial charge < -0.3 is 10.1 Å². The monoisotopic (exact) mass is 180 g/mol. The molecule has 0 aliphatic carbocycles. The molecule has 1 amide bonds. The van der Waals surface area contributed by atoms with E-state index in [1.165, 1.54) is 7.11 Å². The highest BCUT2D eigenvalue weighted by Crippen LogP contribution is 2.15. The van der Waals surface area contributed by atoms with Crippen LogP contribution >= 0.6 is 0 Å². The number of rotatable bonds is 1. The Morgan fingerprint density at radius 2 is 2.31 bits per heavy atom. The van der Waals surface area contributed by atoms with Gasteiger partial charge in [-0.05, 0) is 6.42 Å². The summed E-state index contributed by atoms with van der Waals surface area (Å²) in [6, 6.07) is 1.71. The van der Waals surface area contributed by atoms with Crippen molar-refractivity contribution in [2.75, 3.05) is 7.11 Å². The zero-order valence-electron chi connectivity index (χ0n) is 7.09. The van der Waals surface area contributed by atoms with Gasteiger partial charge in [-0.3, -0.25) is 4.79 Å². The number of hydrogen-bond donors (Lipinski definition) is 1. The van der Waals surface area contributed by atoms with Gasteiger partial charge in [0.2, 0.25) is 5.91 Å². The quantitative estimate of drug-likeness (QED) is 0.345. The van der Waals surface area contributed by atoms with E-state index < -0.39 is 5.97 Å². The number of nitriles is 1. The number of esters is 1. The van der Waals surface area contributed by atoms with Gasteiger partial charge >= 0.3 is 5.97 Å². The molecule has 1 aliphatic rings. The SMILES string of the molecule is COC(=O)/C(C#N)=C1/CCC(=O)N1. The molecule has 0 radical (unpaired) electrons. The van der Waals surface area contributed by atoms with Crippen LogP contribution in [0.5, 0.6) is 0 Å². The average molecular weight is 180 g/mol. The van der Waals surface area contributed by atoms with Crippen LogP contribution < -0.4 is 5.32 Å². The van der Waals surface area contributed by atoms with Crippen LogP contribution in [0.2, 0.25) is 0 Å². The van der Waals surface area contributed by atoms with E-state index in [1.54, 1.807) is 6.07 Å². The number of ether oxygens (including phenoxy) is 1. The Kier molecular flexibility index (Phi) is 2.65. The fourth-order valence-electron chi connectivity index (χ4n) is 1.06. The van der Waals surface area contributed by atoms with E-state index >= 15 is 0 Å². The number of allylic oxidation sites excluding steroid dienone is 1. The summed E-state index contributed by atoms with van der Waals surface area (Å²) in [5.74, 6) is -0.883. The standard InChI is InChI=1S/C8H8N2O3/c1-13-8(12)5(4-9)6-2-3-7(11)10-6/h2-3H2,1H3,(H,10,11)/b6-5-. The van der Waals surface area contributed by atoms with Crippen LogP contribution in [-0.2, 0) is 14.3 Å². The first-order valence-corrected chi connectivity index (χ1v) is 3.70. The second kappa shape index (κ2) is 3.72. The van der Waals surface area contributed by atoms with Crippen molar-refractivity contribution >= 4 is 11.9 Å². The molecule has 68 valence electrons. The zero-order chi connectivity index (χ0) is 9.84. The van der Waals surface area contributed by atoms with E-state index in [0.29, 0.717) is 18.5 Å². The molecule has 1 aliphatic heterocycles. The minimum absolute atomic E-state index is 0.117. The first-order chi connectivity index (χ1) is 6.19. The molecule has 0 saturated carbocycles. The third-order valence-corrected chi connectivity index (χ3v) is 1.70. The van der Waals surface area contributed by atoms with Crippen molar-refractivity contribution in [1.29, 1.82) is 5.26 Å². The van der Waals surface area contributed by atoms with Gasteiger partial charge in [-0.15, -0.1) is 0 Å². The Balaban J connectivity index is 2.94. The van der Waals surface area contributed by atoms with E-state index in [0.717, 1.165) is 0 Å². The van der Waals surface area contributed by atoms with Gasteiger partial charge in [0.25, 0.3) is 0 Å². The summed E-state index contributed by atoms with van der Waals surface area (Å²) >= 11 is 0. The van der Waals surface area contributed by atoms with Gasteiger partial charge in [0.15, 0.2) is 5.57 Å². The van der Waals surface area contributed by atoms with Gasteiger partial charge in [0.05, 0.1) is 7.11 Å². The van der Waals surface area contributed by atoms with Crippen molar-refractivity contribution in [2.24, 2.45) is 0 Å². The van der Waals surface area contributed by atoms with E-state index in [2.05, 4.69) is 10.1 Å². The smallest absolute Gasteiger partial charge is 0.350 e. The highest BCUT2D eigenvalue weighted by Gasteiger charge is 2.22. The van der Waals surface area contributed by atoms with E-state index in [1.807, 2.05) is 0 Å². The molecule has 0 bridgehead atoms. The van der Waals surface area contributed by atoms with Gasteiger partial charge in [-0.2, -0.15) is 5.26 Å². The molecule has 5 heteroatoms. The van der Waals surface area contributed by atoms with Crippen molar-refractivity contribution < 1.29 is 14.3 Å². The molecule has 0 aromatic rings. The maximum absolute atomic E-state index is 11.0. The summed E-state index contributed by atoms with van der Waals surface area (Å²) in [5.41, 5.74) is 0.243. The number of carbonyl (C=O) groups excluding carboxylic acids is 2. The van der Waals surface area contributed by atoms with Gasteiger partial charge in [0.1, 0.15) is 6.07 Å². The number of hydrogen-bond acceptors (Lipinski definition) is 4. The van der Waals surface area contributed by atoms with Crippen LogP contribution in [0.1, 0.15) is 12.8 Å². The average Bonchev–Trinajstić information content (AvgIpc) is 2.53. The Bertz CT molecular complexity index is 325. The third-order valence-electron chi connectivity index (χ3n) is 1.70. The van der Waals surface area contributed by atoms with Crippen LogP contribution in [0.15, 0.2) is 11.3 Å². The number of amides is 1. The lowest BCUT2D eigenvalue weighted by Gasteiger charge is -2.00. The fraction of sp³-hybridized carbons (Fsp3) is 0.375. The summed E-state index contributed by atoms with van der Waals surface area (Å²) in [7, 11) is 1.19. The second-order valence-corrected chi connectivity index (χ2v) is 2.51. The predicted octanol–water partition coefficient (Wildman–Crippen LogP) is -0.153. The highest BCUT2D eigenvalue weighted by atomic mass is 16.5. The molecule has 0 spiro atoms. The maximum atomic E-state index is 11.0. The molecule has 1 fully saturated rings. The molecule has 1 heterocycles. The molecule has 0 atom stereocenters. The summed E-state index contributed by atoms with van der Waals surface area (Å²) in [4.78, 5) is 21.8. The minimum Gasteiger partial charge on any atom is -0.465 e. The summed E-state index contributed by atoms with van der Waals surface area (Å²) in [6.07, 6.45) is 0.717. The van der Waals surface area contributed by atoms with Crippen LogP contribution in [0, 0.1) is 11.3 Å². The lowest BCUT2D eigenvalue weighted by atomic mass is 10.2. The Morgan fingerprint density at radius 1 is 1.62 bits per heavy atom. The Morgan fingerprint density at radius 3 is 2.69 bits per heavy atom. The van der Waals surface area contributed by atoms with E-state index in [4.69, 9.17) is 5.26 Å². The number of methoxy groups -OCH3 is 1. The van der Waals surface area contributed by atoms with Crippen molar-refractivity contribution in [2.45, 2.75) is 12.8 Å². The lowest BCUT2D eigenvalue weighted by Crippen LogP contribution is -2.16. The molecular formula is C8H8N2O3. The normalized spacial score (nSPS) is 18.9. The van der Waals surface area contributed by atoms with Gasteiger partial charge in [-0.25, -0.2) is 4.79 Å². The first kappa shape index (κ1) is 9.26. The molecule has 0 unspecified atom stereocenters. The van der Waals surface area contributed by atoms with E-state index in [-0.39, 0.29) is 11.5 Å². The fourth-order valence-corrected chi connectivity index (χ4v) is 1.06. The van der Waals surface area contributed by atoms with Gasteiger partial charge in [0, 0.05) is 12.1 Å². The topological polar surface area (TPSA) is 79.2 Å². The van der Waals surface area contributed by atoms with Crippen LogP contribution in [0.4, 0.5) is 0 Å². The summed E-state index contributed by atoms with van der Waals surface area (Å²) < 4.78 is 4.38. The van der Waals surface area contributed by atoms with Crippen LogP contribution in [-0.4, -0.2) is 19.0 Å². The molecule has 5 nitrogen and oxygen atoms in total. The first-order valence-electron chi connectivity index (χ1n) is 3.70. The van der Waals surface area contributed by atoms with Crippen molar-refractivity contribution in [3.05, 3.63) is 11.3 Å². The van der Waals surface area contributed by atoms with Gasteiger partial charge in [-0.1, -0.05) is 0 Å². The number of nitrogens with one attached hydrogen (secondary N) is 1. The molecular weight excluding hydrogens is 172 g/mol. The van der Waals surface area contributed by atoms with Crippen LogP contribution in [0.3, 0.4) is 0 Å². The van der Waals surface area contributed by atoms with Crippen molar-refractivity contribution in [1.82, 2.24) is 5.32 Å². The van der Waals surface area contributed by atoms with Crippen LogP contribution in [0.25, 0.3) is 0 Å². The molecule has 0 aromatic carbocycles. The highest BCUT2D eigenvalue weighted by molar-refractivity contribution is 5.95. The van der Waals surface area contributed by atoms with Crippen molar-refractivity contribution in [3.63, 3.8) is 0 Å².